The number of hydrogen-bond acceptors (Lipinski definition) is 4. The van der Waals surface area contributed by atoms with Crippen LogP contribution in [0.15, 0.2) is 41.0 Å². The van der Waals surface area contributed by atoms with Crippen LogP contribution in [-0.2, 0) is 12.0 Å². The molecule has 25 heavy (non-hydrogen) atoms. The molecule has 1 aromatic heterocycles. The Labute approximate surface area is 148 Å². The van der Waals surface area contributed by atoms with Gasteiger partial charge in [0.1, 0.15) is 17.1 Å². The maximum atomic E-state index is 13.0. The van der Waals surface area contributed by atoms with E-state index in [2.05, 4.69) is 0 Å². The lowest BCUT2D eigenvalue weighted by molar-refractivity contribution is -0.0178. The van der Waals surface area contributed by atoms with E-state index in [0.717, 1.165) is 24.2 Å². The van der Waals surface area contributed by atoms with Gasteiger partial charge in [-0.2, -0.15) is 0 Å². The smallest absolute Gasteiger partial charge is 0.257 e. The number of amides is 1. The summed E-state index contributed by atoms with van der Waals surface area (Å²) in [6.45, 7) is 4.38. The van der Waals surface area contributed by atoms with Crippen LogP contribution in [0.25, 0.3) is 0 Å². The van der Waals surface area contributed by atoms with Crippen molar-refractivity contribution in [2.24, 2.45) is 0 Å². The Hall–Kier alpha value is -2.27. The quantitative estimate of drug-likeness (QED) is 0.904. The van der Waals surface area contributed by atoms with Gasteiger partial charge >= 0.3 is 0 Å². The van der Waals surface area contributed by atoms with Gasteiger partial charge in [-0.25, -0.2) is 0 Å². The molecule has 2 aromatic rings. The zero-order valence-corrected chi connectivity index (χ0v) is 15.0. The van der Waals surface area contributed by atoms with Crippen LogP contribution < -0.4 is 4.74 Å². The lowest BCUT2D eigenvalue weighted by atomic mass is 9.86. The maximum Gasteiger partial charge on any atom is 0.257 e. The van der Waals surface area contributed by atoms with Crippen LogP contribution in [0.5, 0.6) is 5.75 Å². The minimum atomic E-state index is -1.13. The molecule has 1 aliphatic heterocycles. The highest BCUT2D eigenvalue weighted by Gasteiger charge is 2.43. The van der Waals surface area contributed by atoms with Crippen LogP contribution >= 0.6 is 0 Å². The third kappa shape index (κ3) is 3.16. The Morgan fingerprint density at radius 1 is 1.36 bits per heavy atom. The van der Waals surface area contributed by atoms with E-state index >= 15 is 0 Å². The van der Waals surface area contributed by atoms with Crippen molar-refractivity contribution in [3.63, 3.8) is 0 Å². The molecule has 1 fully saturated rings. The van der Waals surface area contributed by atoms with Crippen LogP contribution in [0.1, 0.15) is 48.4 Å². The molecule has 1 aromatic carbocycles. The molecule has 0 bridgehead atoms. The summed E-state index contributed by atoms with van der Waals surface area (Å²) >= 11 is 0. The zero-order valence-electron chi connectivity index (χ0n) is 15.0. The Bertz CT molecular complexity index is 732. The highest BCUT2D eigenvalue weighted by molar-refractivity contribution is 5.95. The van der Waals surface area contributed by atoms with E-state index in [1.807, 2.05) is 31.2 Å². The van der Waals surface area contributed by atoms with Gasteiger partial charge in [-0.05, 0) is 43.5 Å². The molecule has 2 heterocycles. The van der Waals surface area contributed by atoms with E-state index < -0.39 is 5.60 Å². The van der Waals surface area contributed by atoms with E-state index in [0.29, 0.717) is 24.3 Å². The number of carbonyl (C=O) groups excluding carboxylic acids is 1. The second-order valence-electron chi connectivity index (χ2n) is 6.64. The summed E-state index contributed by atoms with van der Waals surface area (Å²) in [6.07, 6.45) is 3.87. The highest BCUT2D eigenvalue weighted by atomic mass is 16.5. The molecule has 1 N–H and O–H groups in total. The van der Waals surface area contributed by atoms with Crippen molar-refractivity contribution >= 4 is 5.91 Å². The average Bonchev–Trinajstić information content (AvgIpc) is 3.30. The first-order chi connectivity index (χ1) is 12.0. The van der Waals surface area contributed by atoms with E-state index in [-0.39, 0.29) is 11.9 Å². The van der Waals surface area contributed by atoms with Crippen LogP contribution in [0.4, 0.5) is 0 Å². The van der Waals surface area contributed by atoms with Crippen molar-refractivity contribution < 1.29 is 19.1 Å². The number of benzene rings is 1. The van der Waals surface area contributed by atoms with Crippen molar-refractivity contribution in [3.8, 4) is 5.75 Å². The fourth-order valence-corrected chi connectivity index (χ4v) is 3.67. The van der Waals surface area contributed by atoms with E-state index in [1.54, 1.807) is 31.3 Å². The number of aryl methyl sites for hydroxylation is 1. The number of furan rings is 1. The highest BCUT2D eigenvalue weighted by Crippen LogP contribution is 2.36. The Balaban J connectivity index is 1.88. The average molecular weight is 343 g/mol. The first-order valence-electron chi connectivity index (χ1n) is 8.73. The molecular formula is C20H25NO4. The van der Waals surface area contributed by atoms with Gasteiger partial charge in [0.2, 0.25) is 0 Å². The van der Waals surface area contributed by atoms with Gasteiger partial charge in [0, 0.05) is 13.0 Å². The summed E-state index contributed by atoms with van der Waals surface area (Å²) in [5.41, 5.74) is 0.245. The zero-order chi connectivity index (χ0) is 18.0. The van der Waals surface area contributed by atoms with Crippen molar-refractivity contribution in [1.82, 2.24) is 4.90 Å². The fourth-order valence-electron chi connectivity index (χ4n) is 3.67. The lowest BCUT2D eigenvalue weighted by Crippen LogP contribution is -2.48. The molecule has 0 aliphatic carbocycles. The molecule has 0 saturated carbocycles. The predicted octanol–water partition coefficient (Wildman–Crippen LogP) is 3.36. The number of likely N-dealkylation sites (tertiary alicyclic amines) is 1. The van der Waals surface area contributed by atoms with Crippen LogP contribution in [-0.4, -0.2) is 35.6 Å². The van der Waals surface area contributed by atoms with Gasteiger partial charge in [0.05, 0.1) is 25.0 Å². The van der Waals surface area contributed by atoms with Crippen molar-refractivity contribution in [1.29, 1.82) is 0 Å². The molecule has 5 heteroatoms. The van der Waals surface area contributed by atoms with Gasteiger partial charge in [0.15, 0.2) is 0 Å². The third-order valence-electron chi connectivity index (χ3n) is 5.13. The first-order valence-corrected chi connectivity index (χ1v) is 8.73. The normalized spacial score (nSPS) is 19.7. The molecule has 0 radical (unpaired) electrons. The van der Waals surface area contributed by atoms with Gasteiger partial charge < -0.3 is 19.2 Å². The van der Waals surface area contributed by atoms with Crippen molar-refractivity contribution in [2.75, 3.05) is 13.7 Å². The molecule has 3 rings (SSSR count). The summed E-state index contributed by atoms with van der Waals surface area (Å²) in [6, 6.07) is 8.82. The number of ether oxygens (including phenoxy) is 1. The topological polar surface area (TPSA) is 62.9 Å². The second-order valence-corrected chi connectivity index (χ2v) is 6.64. The second kappa shape index (κ2) is 6.92. The molecule has 1 saturated heterocycles. The largest absolute Gasteiger partial charge is 0.497 e. The van der Waals surface area contributed by atoms with Gasteiger partial charge in [0.25, 0.3) is 5.91 Å². The summed E-state index contributed by atoms with van der Waals surface area (Å²) in [7, 11) is 1.61. The Kier molecular flexibility index (Phi) is 4.86. The van der Waals surface area contributed by atoms with Gasteiger partial charge in [-0.1, -0.05) is 19.1 Å². The van der Waals surface area contributed by atoms with Crippen LogP contribution in [0, 0.1) is 0 Å². The Morgan fingerprint density at radius 3 is 2.72 bits per heavy atom. The molecule has 5 nitrogen and oxygen atoms in total. The lowest BCUT2D eigenvalue weighted by Gasteiger charge is -2.37. The molecule has 1 aliphatic rings. The molecular weight excluding hydrogens is 318 g/mol. The number of rotatable bonds is 5. The Morgan fingerprint density at radius 2 is 2.08 bits per heavy atom. The standard InChI is InChI=1S/C20H25NO4/c1-4-17-16(11-13-25-17)19(22)21-12-5-6-18(21)20(2,23)14-7-9-15(24-3)10-8-14/h7-11,13,18,23H,4-6,12H2,1-3H3/t18-,20-/m1/s1. The number of nitrogens with zero attached hydrogens (tertiary/aromatic N) is 1. The monoisotopic (exact) mass is 343 g/mol. The molecule has 1 amide bonds. The van der Waals surface area contributed by atoms with Crippen molar-refractivity contribution in [3.05, 3.63) is 53.5 Å². The number of carbonyl (C=O) groups is 1. The fraction of sp³-hybridized carbons (Fsp3) is 0.450. The SMILES string of the molecule is CCc1occc1C(=O)N1CCC[C@@H]1[C@](C)(O)c1ccc(OC)cc1. The van der Waals surface area contributed by atoms with Gasteiger partial charge in [-0.15, -0.1) is 0 Å². The summed E-state index contributed by atoms with van der Waals surface area (Å²) in [5, 5.41) is 11.2. The number of methoxy groups -OCH3 is 1. The third-order valence-corrected chi connectivity index (χ3v) is 5.13. The van der Waals surface area contributed by atoms with Crippen LogP contribution in [0.3, 0.4) is 0 Å². The number of hydrogen-bond donors (Lipinski definition) is 1. The number of aliphatic hydroxyl groups is 1. The van der Waals surface area contributed by atoms with Gasteiger partial charge in [-0.3, -0.25) is 4.79 Å². The summed E-state index contributed by atoms with van der Waals surface area (Å²) in [4.78, 5) is 14.8. The first kappa shape index (κ1) is 17.5. The van der Waals surface area contributed by atoms with E-state index in [1.165, 1.54) is 0 Å². The molecule has 2 atom stereocenters. The predicted molar refractivity (Wildman–Crippen MR) is 94.7 cm³/mol. The van der Waals surface area contributed by atoms with Crippen LogP contribution in [0.2, 0.25) is 0 Å². The molecule has 0 unspecified atom stereocenters. The molecule has 134 valence electrons. The maximum absolute atomic E-state index is 13.0. The van der Waals surface area contributed by atoms with Crippen molar-refractivity contribution in [2.45, 2.75) is 44.8 Å². The minimum absolute atomic E-state index is 0.0677. The molecule has 0 spiro atoms. The summed E-state index contributed by atoms with van der Waals surface area (Å²) in [5.74, 6) is 1.37. The minimum Gasteiger partial charge on any atom is -0.497 e. The van der Waals surface area contributed by atoms with E-state index in [9.17, 15) is 9.90 Å². The summed E-state index contributed by atoms with van der Waals surface area (Å²) < 4.78 is 10.6. The van der Waals surface area contributed by atoms with E-state index in [4.69, 9.17) is 9.15 Å².